The lowest BCUT2D eigenvalue weighted by molar-refractivity contribution is -0.000647. The van der Waals surface area contributed by atoms with Crippen LogP contribution in [0.1, 0.15) is 66.2 Å². The second-order valence-corrected chi connectivity index (χ2v) is 8.00. The van der Waals surface area contributed by atoms with Crippen LogP contribution in [0.3, 0.4) is 0 Å². The number of hydrogen-bond donors (Lipinski definition) is 1. The van der Waals surface area contributed by atoms with Crippen LogP contribution in [0.25, 0.3) is 0 Å². The highest BCUT2D eigenvalue weighted by Gasteiger charge is 2.36. The van der Waals surface area contributed by atoms with Crippen molar-refractivity contribution in [2.75, 3.05) is 19.6 Å². The Bertz CT molecular complexity index is 386. The fourth-order valence-corrected chi connectivity index (χ4v) is 3.89. The number of aliphatic hydroxyl groups is 1. The zero-order chi connectivity index (χ0) is 17.0. The van der Waals surface area contributed by atoms with Crippen molar-refractivity contribution in [3.05, 3.63) is 0 Å². The van der Waals surface area contributed by atoms with Crippen molar-refractivity contribution >= 4 is 6.09 Å². The van der Waals surface area contributed by atoms with E-state index in [0.29, 0.717) is 12.1 Å². The Labute approximate surface area is 141 Å². The Balaban J connectivity index is 1.89. The zero-order valence-electron chi connectivity index (χ0n) is 15.3. The fourth-order valence-electron chi connectivity index (χ4n) is 3.89. The Morgan fingerprint density at radius 2 is 1.87 bits per heavy atom. The molecule has 2 fully saturated rings. The summed E-state index contributed by atoms with van der Waals surface area (Å²) in [5.74, 6) is 0. The zero-order valence-corrected chi connectivity index (χ0v) is 15.3. The number of carbonyl (C=O) groups excluding carboxylic acids is 1. The van der Waals surface area contributed by atoms with E-state index in [2.05, 4.69) is 11.8 Å². The first-order valence-corrected chi connectivity index (χ1v) is 9.23. The molecule has 0 bridgehead atoms. The van der Waals surface area contributed by atoms with E-state index in [0.717, 1.165) is 58.2 Å². The molecule has 134 valence electrons. The van der Waals surface area contributed by atoms with Gasteiger partial charge >= 0.3 is 6.09 Å². The van der Waals surface area contributed by atoms with Gasteiger partial charge in [-0.1, -0.05) is 6.92 Å². The van der Waals surface area contributed by atoms with Crippen LogP contribution < -0.4 is 0 Å². The molecule has 1 aliphatic carbocycles. The second-order valence-electron chi connectivity index (χ2n) is 8.00. The minimum absolute atomic E-state index is 0.176. The molecule has 2 atom stereocenters. The lowest BCUT2D eigenvalue weighted by Crippen LogP contribution is -2.52. The number of carbonyl (C=O) groups is 1. The topological polar surface area (TPSA) is 53.0 Å². The van der Waals surface area contributed by atoms with E-state index >= 15 is 0 Å². The van der Waals surface area contributed by atoms with E-state index < -0.39 is 5.60 Å². The average Bonchev–Trinajstić information content (AvgIpc) is 2.89. The average molecular weight is 326 g/mol. The maximum Gasteiger partial charge on any atom is 0.410 e. The summed E-state index contributed by atoms with van der Waals surface area (Å²) >= 11 is 0. The first kappa shape index (κ1) is 18.5. The summed E-state index contributed by atoms with van der Waals surface area (Å²) in [6.07, 6.45) is 5.85. The highest BCUT2D eigenvalue weighted by atomic mass is 16.6. The van der Waals surface area contributed by atoms with Crippen LogP contribution in [0.4, 0.5) is 4.79 Å². The lowest BCUT2D eigenvalue weighted by atomic mass is 9.99. The van der Waals surface area contributed by atoms with Crippen LogP contribution >= 0.6 is 0 Å². The number of piperidine rings is 1. The molecule has 0 aromatic heterocycles. The van der Waals surface area contributed by atoms with Crippen LogP contribution in [-0.2, 0) is 4.74 Å². The molecular formula is C18H34N2O3. The molecule has 5 heteroatoms. The molecule has 0 aromatic rings. The third-order valence-electron chi connectivity index (χ3n) is 4.94. The summed E-state index contributed by atoms with van der Waals surface area (Å²) in [6, 6.07) is 0.791. The van der Waals surface area contributed by atoms with Crippen molar-refractivity contribution in [2.45, 2.75) is 90.0 Å². The van der Waals surface area contributed by atoms with Gasteiger partial charge in [-0.15, -0.1) is 0 Å². The maximum absolute atomic E-state index is 12.2. The van der Waals surface area contributed by atoms with Crippen molar-refractivity contribution in [2.24, 2.45) is 0 Å². The van der Waals surface area contributed by atoms with E-state index in [1.807, 2.05) is 25.7 Å². The van der Waals surface area contributed by atoms with Gasteiger partial charge in [0, 0.05) is 25.2 Å². The SMILES string of the molecule is CCCN(C1CCN(C(=O)OC(C)(C)C)CC1)[C@@H]1CCC[C@H]1O. The molecule has 2 rings (SSSR count). The Morgan fingerprint density at radius 3 is 2.35 bits per heavy atom. The van der Waals surface area contributed by atoms with Gasteiger partial charge in [0.15, 0.2) is 0 Å². The number of aliphatic hydroxyl groups excluding tert-OH is 1. The maximum atomic E-state index is 12.2. The minimum atomic E-state index is -0.434. The monoisotopic (exact) mass is 326 g/mol. The van der Waals surface area contributed by atoms with Crippen molar-refractivity contribution in [1.29, 1.82) is 0 Å². The van der Waals surface area contributed by atoms with Crippen LogP contribution in [0.5, 0.6) is 0 Å². The van der Waals surface area contributed by atoms with Gasteiger partial charge in [0.05, 0.1) is 6.10 Å². The number of likely N-dealkylation sites (tertiary alicyclic amines) is 1. The Morgan fingerprint density at radius 1 is 1.22 bits per heavy atom. The number of rotatable bonds is 4. The van der Waals surface area contributed by atoms with Crippen molar-refractivity contribution in [1.82, 2.24) is 9.80 Å². The molecule has 1 N–H and O–H groups in total. The van der Waals surface area contributed by atoms with Gasteiger partial charge in [-0.05, 0) is 65.8 Å². The van der Waals surface area contributed by atoms with E-state index in [4.69, 9.17) is 4.74 Å². The summed E-state index contributed by atoms with van der Waals surface area (Å²) in [5, 5.41) is 10.3. The highest BCUT2D eigenvalue weighted by molar-refractivity contribution is 5.68. The van der Waals surface area contributed by atoms with Crippen molar-refractivity contribution in [3.63, 3.8) is 0 Å². The van der Waals surface area contributed by atoms with Crippen molar-refractivity contribution < 1.29 is 14.6 Å². The molecule has 0 radical (unpaired) electrons. The molecule has 1 saturated heterocycles. The van der Waals surface area contributed by atoms with E-state index in [-0.39, 0.29) is 12.2 Å². The molecule has 5 nitrogen and oxygen atoms in total. The molecular weight excluding hydrogens is 292 g/mol. The molecule has 1 amide bonds. The summed E-state index contributed by atoms with van der Waals surface area (Å²) < 4.78 is 5.47. The molecule has 1 saturated carbocycles. The van der Waals surface area contributed by atoms with E-state index in [9.17, 15) is 9.90 Å². The first-order valence-electron chi connectivity index (χ1n) is 9.23. The summed E-state index contributed by atoms with van der Waals surface area (Å²) in [6.45, 7) is 10.5. The molecule has 0 aromatic carbocycles. The second kappa shape index (κ2) is 7.84. The normalized spacial score (nSPS) is 26.8. The number of hydrogen-bond acceptors (Lipinski definition) is 4. The van der Waals surface area contributed by atoms with Crippen LogP contribution in [0.2, 0.25) is 0 Å². The lowest BCUT2D eigenvalue weighted by Gasteiger charge is -2.42. The molecule has 23 heavy (non-hydrogen) atoms. The minimum Gasteiger partial charge on any atom is -0.444 e. The van der Waals surface area contributed by atoms with Gasteiger partial charge in [0.1, 0.15) is 5.60 Å². The van der Waals surface area contributed by atoms with Crippen molar-refractivity contribution in [3.8, 4) is 0 Å². The van der Waals surface area contributed by atoms with Crippen LogP contribution in [-0.4, -0.2) is 64.4 Å². The molecule has 0 unspecified atom stereocenters. The van der Waals surface area contributed by atoms with Gasteiger partial charge < -0.3 is 14.7 Å². The van der Waals surface area contributed by atoms with Gasteiger partial charge in [-0.25, -0.2) is 4.79 Å². The number of amides is 1. The predicted octanol–water partition coefficient (Wildman–Crippen LogP) is 3.01. The summed E-state index contributed by atoms with van der Waals surface area (Å²) in [5.41, 5.74) is -0.434. The van der Waals surface area contributed by atoms with Gasteiger partial charge in [-0.3, -0.25) is 4.90 Å². The third kappa shape index (κ3) is 5.08. The largest absolute Gasteiger partial charge is 0.444 e. The van der Waals surface area contributed by atoms with Gasteiger partial charge in [0.2, 0.25) is 0 Å². The van der Waals surface area contributed by atoms with Crippen LogP contribution in [0, 0.1) is 0 Å². The standard InChI is InChI=1S/C18H34N2O3/c1-5-11-20(15-7-6-8-16(15)21)14-9-12-19(13-10-14)17(22)23-18(2,3)4/h14-16,21H,5-13H2,1-4H3/t15-,16-/m1/s1. The summed E-state index contributed by atoms with van der Waals surface area (Å²) in [4.78, 5) is 16.5. The molecule has 1 aliphatic heterocycles. The molecule has 0 spiro atoms. The highest BCUT2D eigenvalue weighted by Crippen LogP contribution is 2.29. The Kier molecular flexibility index (Phi) is 6.32. The molecule has 2 aliphatic rings. The van der Waals surface area contributed by atoms with Crippen LogP contribution in [0.15, 0.2) is 0 Å². The Hall–Kier alpha value is -0.810. The first-order chi connectivity index (χ1) is 10.8. The summed E-state index contributed by atoms with van der Waals surface area (Å²) in [7, 11) is 0. The predicted molar refractivity (Wildman–Crippen MR) is 91.5 cm³/mol. The third-order valence-corrected chi connectivity index (χ3v) is 4.94. The quantitative estimate of drug-likeness (QED) is 0.863. The number of nitrogens with zero attached hydrogens (tertiary/aromatic N) is 2. The van der Waals surface area contributed by atoms with E-state index in [1.165, 1.54) is 0 Å². The number of ether oxygens (including phenoxy) is 1. The molecule has 1 heterocycles. The van der Waals surface area contributed by atoms with Gasteiger partial charge in [0.25, 0.3) is 0 Å². The smallest absolute Gasteiger partial charge is 0.410 e. The fraction of sp³-hybridized carbons (Fsp3) is 0.944. The van der Waals surface area contributed by atoms with Gasteiger partial charge in [-0.2, -0.15) is 0 Å². The van der Waals surface area contributed by atoms with E-state index in [1.54, 1.807) is 0 Å².